The van der Waals surface area contributed by atoms with Gasteiger partial charge in [-0.05, 0) is 62.7 Å². The zero-order chi connectivity index (χ0) is 31.8. The van der Waals surface area contributed by atoms with Gasteiger partial charge in [-0.15, -0.1) is 0 Å². The molecule has 0 bridgehead atoms. The Morgan fingerprint density at radius 1 is 0.362 bits per heavy atom. The van der Waals surface area contributed by atoms with E-state index in [-0.39, 0.29) is 5.41 Å². The maximum atomic E-state index is 4.95. The van der Waals surface area contributed by atoms with Crippen molar-refractivity contribution in [2.45, 2.75) is 19.3 Å². The molecule has 1 aliphatic rings. The Bertz CT molecular complexity index is 2210. The molecule has 0 amide bonds. The largest absolute Gasteiger partial charge is 0.208 e. The van der Waals surface area contributed by atoms with Gasteiger partial charge < -0.3 is 0 Å². The molecule has 0 saturated carbocycles. The van der Waals surface area contributed by atoms with Crippen molar-refractivity contribution in [3.8, 4) is 56.4 Å². The number of fused-ring (bicyclic) bond motifs is 1. The van der Waals surface area contributed by atoms with Crippen LogP contribution in [-0.4, -0.2) is 15.0 Å². The second kappa shape index (κ2) is 11.8. The minimum absolute atomic E-state index is 0.00904. The summed E-state index contributed by atoms with van der Waals surface area (Å²) in [6, 6.07) is 55.1. The maximum Gasteiger partial charge on any atom is 0.164 e. The number of aromatic nitrogens is 3. The Balaban J connectivity index is 1.16. The number of hydrogen-bond acceptors (Lipinski definition) is 3. The molecule has 8 rings (SSSR count). The summed E-state index contributed by atoms with van der Waals surface area (Å²) in [5.41, 5.74) is 12.7. The quantitative estimate of drug-likeness (QED) is 0.190. The van der Waals surface area contributed by atoms with Crippen molar-refractivity contribution >= 4 is 5.57 Å². The van der Waals surface area contributed by atoms with E-state index in [2.05, 4.69) is 117 Å². The molecule has 0 fully saturated rings. The maximum absolute atomic E-state index is 4.95. The fourth-order valence-corrected chi connectivity index (χ4v) is 6.56. The van der Waals surface area contributed by atoms with Crippen LogP contribution in [0.15, 0.2) is 164 Å². The van der Waals surface area contributed by atoms with Gasteiger partial charge in [0.05, 0.1) is 0 Å². The highest BCUT2D eigenvalue weighted by molar-refractivity contribution is 5.88. The molecule has 0 saturated heterocycles. The second-order valence-electron chi connectivity index (χ2n) is 12.6. The van der Waals surface area contributed by atoms with Gasteiger partial charge in [-0.25, -0.2) is 15.0 Å². The minimum Gasteiger partial charge on any atom is -0.208 e. The first-order valence-electron chi connectivity index (χ1n) is 16.0. The molecule has 1 aromatic heterocycles. The Morgan fingerprint density at radius 2 is 0.745 bits per heavy atom. The molecule has 0 atom stereocenters. The van der Waals surface area contributed by atoms with E-state index in [0.29, 0.717) is 17.5 Å². The Morgan fingerprint density at radius 3 is 1.30 bits per heavy atom. The molecule has 0 radical (unpaired) electrons. The highest BCUT2D eigenvalue weighted by Crippen LogP contribution is 2.43. The summed E-state index contributed by atoms with van der Waals surface area (Å²) in [7, 11) is 0. The van der Waals surface area contributed by atoms with E-state index in [1.807, 2.05) is 60.7 Å². The van der Waals surface area contributed by atoms with Crippen LogP contribution in [0.1, 0.15) is 30.5 Å². The topological polar surface area (TPSA) is 38.7 Å². The van der Waals surface area contributed by atoms with E-state index in [9.17, 15) is 0 Å². The average molecular weight is 604 g/mol. The van der Waals surface area contributed by atoms with Crippen LogP contribution in [0.2, 0.25) is 0 Å². The SMILES string of the molecule is CC1(C)C=C(c2cccc(-c3cccc(-c4cccc(-c5nc(-c6ccccc6)nc(-c6ccccc6)n5)c4)c3)c2)c2ccccc21. The third-order valence-corrected chi connectivity index (χ3v) is 8.94. The lowest BCUT2D eigenvalue weighted by atomic mass is 9.87. The number of rotatable bonds is 6. The summed E-state index contributed by atoms with van der Waals surface area (Å²) in [4.78, 5) is 14.7. The third kappa shape index (κ3) is 5.57. The molecule has 1 heterocycles. The Hall–Kier alpha value is -5.93. The number of benzene rings is 6. The predicted molar refractivity (Wildman–Crippen MR) is 194 cm³/mol. The lowest BCUT2D eigenvalue weighted by Gasteiger charge is -2.16. The summed E-state index contributed by atoms with van der Waals surface area (Å²) in [6.45, 7) is 4.59. The van der Waals surface area contributed by atoms with Gasteiger partial charge in [0.25, 0.3) is 0 Å². The monoisotopic (exact) mass is 603 g/mol. The van der Waals surface area contributed by atoms with Crippen molar-refractivity contribution in [1.29, 1.82) is 0 Å². The Kier molecular flexibility index (Phi) is 7.15. The van der Waals surface area contributed by atoms with Gasteiger partial charge in [0.2, 0.25) is 0 Å². The smallest absolute Gasteiger partial charge is 0.164 e. The summed E-state index contributed by atoms with van der Waals surface area (Å²) < 4.78 is 0. The molecule has 47 heavy (non-hydrogen) atoms. The molecule has 0 spiro atoms. The third-order valence-electron chi connectivity index (χ3n) is 8.94. The van der Waals surface area contributed by atoms with Gasteiger partial charge in [0.1, 0.15) is 0 Å². The highest BCUT2D eigenvalue weighted by Gasteiger charge is 2.29. The fourth-order valence-electron chi connectivity index (χ4n) is 6.56. The molecule has 7 aromatic rings. The lowest BCUT2D eigenvalue weighted by Crippen LogP contribution is -2.10. The summed E-state index contributed by atoms with van der Waals surface area (Å²) in [5, 5.41) is 0. The standard InChI is InChI=1S/C44H33N3/c1-44(2)29-39(38-24-9-10-25-40(38)44)36-22-12-20-34(27-36)32-18-11-19-33(26-32)35-21-13-23-37(28-35)43-46-41(30-14-5-3-6-15-30)45-42(47-43)31-16-7-4-8-17-31/h3-29H,1-2H3. The van der Waals surface area contributed by atoms with Gasteiger partial charge in [0, 0.05) is 22.1 Å². The Labute approximate surface area is 276 Å². The number of allylic oxidation sites excluding steroid dienone is 1. The van der Waals surface area contributed by atoms with Crippen LogP contribution >= 0.6 is 0 Å². The molecule has 0 N–H and O–H groups in total. The van der Waals surface area contributed by atoms with Crippen molar-refractivity contribution in [2.24, 2.45) is 0 Å². The van der Waals surface area contributed by atoms with Gasteiger partial charge in [-0.3, -0.25) is 0 Å². The average Bonchev–Trinajstić information content (AvgIpc) is 3.42. The van der Waals surface area contributed by atoms with Crippen molar-refractivity contribution < 1.29 is 0 Å². The molecule has 3 nitrogen and oxygen atoms in total. The first-order chi connectivity index (χ1) is 23.0. The van der Waals surface area contributed by atoms with Crippen LogP contribution in [0.4, 0.5) is 0 Å². The van der Waals surface area contributed by atoms with Crippen molar-refractivity contribution in [3.05, 3.63) is 180 Å². The van der Waals surface area contributed by atoms with E-state index in [1.165, 1.54) is 33.4 Å². The van der Waals surface area contributed by atoms with E-state index >= 15 is 0 Å². The summed E-state index contributed by atoms with van der Waals surface area (Å²) >= 11 is 0. The molecule has 3 heteroatoms. The number of nitrogens with zero attached hydrogens (tertiary/aromatic N) is 3. The van der Waals surface area contributed by atoms with Crippen LogP contribution in [0, 0.1) is 0 Å². The highest BCUT2D eigenvalue weighted by atomic mass is 15.0. The van der Waals surface area contributed by atoms with Crippen molar-refractivity contribution in [3.63, 3.8) is 0 Å². The molecule has 6 aromatic carbocycles. The van der Waals surface area contributed by atoms with Crippen LogP contribution < -0.4 is 0 Å². The zero-order valence-electron chi connectivity index (χ0n) is 26.4. The summed E-state index contributed by atoms with van der Waals surface area (Å²) in [5.74, 6) is 1.96. The van der Waals surface area contributed by atoms with Gasteiger partial charge >= 0.3 is 0 Å². The van der Waals surface area contributed by atoms with Crippen LogP contribution in [0.3, 0.4) is 0 Å². The predicted octanol–water partition coefficient (Wildman–Crippen LogP) is 10.9. The van der Waals surface area contributed by atoms with Gasteiger partial charge in [-0.1, -0.05) is 159 Å². The zero-order valence-corrected chi connectivity index (χ0v) is 26.4. The van der Waals surface area contributed by atoms with Crippen molar-refractivity contribution in [2.75, 3.05) is 0 Å². The molecule has 224 valence electrons. The number of hydrogen-bond donors (Lipinski definition) is 0. The first-order valence-corrected chi connectivity index (χ1v) is 16.0. The minimum atomic E-state index is 0.00904. The first kappa shape index (κ1) is 28.5. The normalized spacial score (nSPS) is 13.2. The second-order valence-corrected chi connectivity index (χ2v) is 12.6. The van der Waals surface area contributed by atoms with E-state index in [4.69, 9.17) is 15.0 Å². The van der Waals surface area contributed by atoms with Crippen LogP contribution in [-0.2, 0) is 5.41 Å². The molecular weight excluding hydrogens is 571 g/mol. The van der Waals surface area contributed by atoms with Gasteiger partial charge in [0.15, 0.2) is 17.5 Å². The van der Waals surface area contributed by atoms with Crippen molar-refractivity contribution in [1.82, 2.24) is 15.0 Å². The molecule has 0 aliphatic heterocycles. The van der Waals surface area contributed by atoms with Crippen LogP contribution in [0.5, 0.6) is 0 Å². The summed E-state index contributed by atoms with van der Waals surface area (Å²) in [6.07, 6.45) is 2.41. The molecule has 0 unspecified atom stereocenters. The lowest BCUT2D eigenvalue weighted by molar-refractivity contribution is 0.683. The van der Waals surface area contributed by atoms with Gasteiger partial charge in [-0.2, -0.15) is 0 Å². The van der Waals surface area contributed by atoms with E-state index in [0.717, 1.165) is 27.8 Å². The van der Waals surface area contributed by atoms with E-state index in [1.54, 1.807) is 0 Å². The fraction of sp³-hybridized carbons (Fsp3) is 0.0682. The van der Waals surface area contributed by atoms with Crippen LogP contribution in [0.25, 0.3) is 62.0 Å². The molecule has 1 aliphatic carbocycles. The molecular formula is C44H33N3. The van der Waals surface area contributed by atoms with E-state index < -0.39 is 0 Å².